The van der Waals surface area contributed by atoms with Crippen LogP contribution in [0.2, 0.25) is 0 Å². The Morgan fingerprint density at radius 3 is 2.36 bits per heavy atom. The number of nitrogens with zero attached hydrogens (tertiary/aromatic N) is 3. The van der Waals surface area contributed by atoms with Crippen LogP contribution < -0.4 is 15.5 Å². The Morgan fingerprint density at radius 1 is 0.955 bits per heavy atom. The van der Waals surface area contributed by atoms with Crippen molar-refractivity contribution in [1.29, 1.82) is 0 Å². The summed E-state index contributed by atoms with van der Waals surface area (Å²) in [5.74, 6) is -2.05. The van der Waals surface area contributed by atoms with E-state index in [1.165, 1.54) is 12.1 Å². The van der Waals surface area contributed by atoms with E-state index < -0.39 is 35.8 Å². The van der Waals surface area contributed by atoms with E-state index in [2.05, 4.69) is 20.5 Å². The number of amides is 2. The summed E-state index contributed by atoms with van der Waals surface area (Å²) in [5.41, 5.74) is 3.37. The first kappa shape index (κ1) is 29.0. The van der Waals surface area contributed by atoms with E-state index in [4.69, 9.17) is 9.47 Å². The van der Waals surface area contributed by atoms with Crippen molar-refractivity contribution in [3.8, 4) is 16.8 Å². The summed E-state index contributed by atoms with van der Waals surface area (Å²) in [6.45, 7) is 2.22. The molecule has 1 spiro atoms. The molecule has 2 amide bonds. The molecule has 2 fully saturated rings. The van der Waals surface area contributed by atoms with Gasteiger partial charge in [0, 0.05) is 60.8 Å². The lowest BCUT2D eigenvalue weighted by molar-refractivity contribution is -0.169. The number of rotatable bonds is 8. The number of Topliss-reactive ketones (excluding diaryl/α,β-unsaturated/α-hetero) is 1. The number of imidazole rings is 1. The average Bonchev–Trinajstić information content (AvgIpc) is 3.72. The third-order valence-electron chi connectivity index (χ3n) is 7.78. The van der Waals surface area contributed by atoms with E-state index in [-0.39, 0.29) is 11.4 Å². The van der Waals surface area contributed by atoms with E-state index in [1.54, 1.807) is 65.8 Å². The number of ketones is 1. The van der Waals surface area contributed by atoms with Crippen LogP contribution in [0.1, 0.15) is 29.6 Å². The van der Waals surface area contributed by atoms with Gasteiger partial charge in [0.1, 0.15) is 5.82 Å². The molecule has 1 aromatic heterocycles. The van der Waals surface area contributed by atoms with Crippen molar-refractivity contribution in [2.24, 2.45) is 0 Å². The molecule has 12 heteroatoms. The van der Waals surface area contributed by atoms with Crippen LogP contribution in [0.15, 0.2) is 79.4 Å². The first-order valence-corrected chi connectivity index (χ1v) is 14.2. The smallest absolute Gasteiger partial charge is 0.409 e. The number of aromatic nitrogens is 2. The summed E-state index contributed by atoms with van der Waals surface area (Å²) in [5, 5.41) is 14.7. The minimum atomic E-state index is -1.32. The lowest BCUT2D eigenvalue weighted by Crippen LogP contribution is -2.45. The van der Waals surface area contributed by atoms with Crippen LogP contribution in [0.4, 0.5) is 26.2 Å². The summed E-state index contributed by atoms with van der Waals surface area (Å²) in [7, 11) is 0. The van der Waals surface area contributed by atoms with Crippen LogP contribution >= 0.6 is 0 Å². The lowest BCUT2D eigenvalue weighted by atomic mass is 9.97. The summed E-state index contributed by atoms with van der Waals surface area (Å²) in [6, 6.07) is 16.0. The van der Waals surface area contributed by atoms with E-state index in [0.717, 1.165) is 5.69 Å². The molecule has 2 saturated heterocycles. The zero-order valence-corrected chi connectivity index (χ0v) is 23.7. The van der Waals surface area contributed by atoms with Crippen molar-refractivity contribution in [2.75, 3.05) is 41.8 Å². The van der Waals surface area contributed by atoms with Gasteiger partial charge in [0.25, 0.3) is 0 Å². The maximum Gasteiger partial charge on any atom is 0.409 e. The standard InChI is InChI=1S/C32H30FN5O6/c33-23-6-4-21(5-7-23)25-17-26(35-30(40)19-29(39)22-2-1-3-24(16-22)38-13-10-34-20-38)27(36-31(41)42)18-28(25)37-11-8-32(9-12-37)43-14-15-44-32/h1-7,10,13,16-18,20,36H,8-9,11-12,14-15,19H2,(H,35,40)(H,41,42). The molecule has 226 valence electrons. The van der Waals surface area contributed by atoms with Crippen LogP contribution in [-0.2, 0) is 14.3 Å². The number of hydrogen-bond acceptors (Lipinski definition) is 7. The minimum absolute atomic E-state index is 0.134. The number of benzene rings is 3. The highest BCUT2D eigenvalue weighted by Crippen LogP contribution is 2.41. The Hall–Kier alpha value is -5.07. The third-order valence-corrected chi connectivity index (χ3v) is 7.78. The molecule has 0 unspecified atom stereocenters. The predicted molar refractivity (Wildman–Crippen MR) is 161 cm³/mol. The van der Waals surface area contributed by atoms with Crippen molar-refractivity contribution in [1.82, 2.24) is 9.55 Å². The SMILES string of the molecule is O=C(O)Nc1cc(N2CCC3(CC2)OCCO3)c(-c2ccc(F)cc2)cc1NC(=O)CC(=O)c1cccc(-n2ccnc2)c1. The Bertz CT molecular complexity index is 1680. The molecule has 3 aromatic carbocycles. The van der Waals surface area contributed by atoms with Gasteiger partial charge in [-0.15, -0.1) is 0 Å². The van der Waals surface area contributed by atoms with Crippen molar-refractivity contribution < 1.29 is 33.4 Å². The number of carboxylic acid groups (broad SMARTS) is 1. The monoisotopic (exact) mass is 599 g/mol. The summed E-state index contributed by atoms with van der Waals surface area (Å²) >= 11 is 0. The van der Waals surface area contributed by atoms with Gasteiger partial charge in [0.05, 0.1) is 37.3 Å². The molecular formula is C32H30FN5O6. The molecule has 0 atom stereocenters. The first-order chi connectivity index (χ1) is 21.3. The molecule has 2 aliphatic heterocycles. The van der Waals surface area contributed by atoms with Gasteiger partial charge in [-0.2, -0.15) is 0 Å². The van der Waals surface area contributed by atoms with Crippen molar-refractivity contribution >= 4 is 34.8 Å². The normalized spacial score (nSPS) is 15.7. The molecule has 0 radical (unpaired) electrons. The van der Waals surface area contributed by atoms with Gasteiger partial charge < -0.3 is 29.4 Å². The topological polar surface area (TPSA) is 135 Å². The zero-order chi connectivity index (χ0) is 30.7. The van der Waals surface area contributed by atoms with Gasteiger partial charge in [-0.3, -0.25) is 14.9 Å². The molecule has 0 aliphatic carbocycles. The number of halogens is 1. The molecule has 3 heterocycles. The van der Waals surface area contributed by atoms with E-state index in [0.29, 0.717) is 61.5 Å². The Kier molecular flexibility index (Phi) is 8.09. The third kappa shape index (κ3) is 6.31. The molecule has 44 heavy (non-hydrogen) atoms. The summed E-state index contributed by atoms with van der Waals surface area (Å²) in [4.78, 5) is 44.1. The number of anilines is 3. The van der Waals surface area contributed by atoms with Crippen molar-refractivity contribution in [3.05, 3.63) is 90.8 Å². The fraction of sp³-hybridized carbons (Fsp3) is 0.250. The number of carbonyl (C=O) groups excluding carboxylic acids is 2. The van der Waals surface area contributed by atoms with Crippen molar-refractivity contribution in [2.45, 2.75) is 25.0 Å². The van der Waals surface area contributed by atoms with Gasteiger partial charge in [-0.05, 0) is 42.0 Å². The minimum Gasteiger partial charge on any atom is -0.465 e. The second-order valence-electron chi connectivity index (χ2n) is 10.6. The highest BCUT2D eigenvalue weighted by atomic mass is 19.1. The zero-order valence-electron chi connectivity index (χ0n) is 23.7. The predicted octanol–water partition coefficient (Wildman–Crippen LogP) is 5.32. The number of hydrogen-bond donors (Lipinski definition) is 3. The van der Waals surface area contributed by atoms with Gasteiger partial charge in [0.2, 0.25) is 5.91 Å². The molecule has 2 aliphatic rings. The fourth-order valence-corrected chi connectivity index (χ4v) is 5.60. The maximum absolute atomic E-state index is 13.8. The number of nitrogens with one attached hydrogen (secondary N) is 2. The molecule has 3 N–H and O–H groups in total. The molecule has 4 aromatic rings. The number of ether oxygens (including phenoxy) is 2. The molecule has 0 saturated carbocycles. The molecule has 0 bridgehead atoms. The van der Waals surface area contributed by atoms with Crippen LogP contribution in [0.3, 0.4) is 0 Å². The number of carbonyl (C=O) groups is 3. The van der Waals surface area contributed by atoms with E-state index in [9.17, 15) is 23.9 Å². The second kappa shape index (κ2) is 12.3. The van der Waals surface area contributed by atoms with E-state index in [1.807, 2.05) is 6.07 Å². The quantitative estimate of drug-likeness (QED) is 0.183. The van der Waals surface area contributed by atoms with Crippen LogP contribution in [0.5, 0.6) is 0 Å². The van der Waals surface area contributed by atoms with Gasteiger partial charge in [0.15, 0.2) is 11.6 Å². The largest absolute Gasteiger partial charge is 0.465 e. The second-order valence-corrected chi connectivity index (χ2v) is 10.6. The van der Waals surface area contributed by atoms with Crippen LogP contribution in [-0.4, -0.2) is 64.5 Å². The molecular weight excluding hydrogens is 569 g/mol. The summed E-state index contributed by atoms with van der Waals surface area (Å²) < 4.78 is 27.3. The van der Waals surface area contributed by atoms with Gasteiger partial charge in [-0.25, -0.2) is 14.2 Å². The fourth-order valence-electron chi connectivity index (χ4n) is 5.60. The number of piperidine rings is 1. The highest BCUT2D eigenvalue weighted by molar-refractivity contribution is 6.12. The Morgan fingerprint density at radius 2 is 1.68 bits per heavy atom. The maximum atomic E-state index is 13.8. The summed E-state index contributed by atoms with van der Waals surface area (Å²) in [6.07, 6.45) is 4.40. The van der Waals surface area contributed by atoms with Crippen molar-refractivity contribution in [3.63, 3.8) is 0 Å². The highest BCUT2D eigenvalue weighted by Gasteiger charge is 2.40. The Balaban J connectivity index is 1.29. The molecule has 11 nitrogen and oxygen atoms in total. The van der Waals surface area contributed by atoms with Crippen LogP contribution in [0.25, 0.3) is 16.8 Å². The van der Waals surface area contributed by atoms with Crippen LogP contribution in [0, 0.1) is 5.82 Å². The van der Waals surface area contributed by atoms with Gasteiger partial charge >= 0.3 is 6.09 Å². The Labute approximate surface area is 252 Å². The first-order valence-electron chi connectivity index (χ1n) is 14.2. The lowest BCUT2D eigenvalue weighted by Gasteiger charge is -2.39. The van der Waals surface area contributed by atoms with E-state index >= 15 is 0 Å². The van der Waals surface area contributed by atoms with Gasteiger partial charge in [-0.1, -0.05) is 24.3 Å². The molecule has 6 rings (SSSR count). The average molecular weight is 600 g/mol.